The number of nitrogens with one attached hydrogen (secondary N) is 1. The maximum absolute atomic E-state index is 12.6. The Balaban J connectivity index is 2.30. The Kier molecular flexibility index (Phi) is 8.38. The number of anilines is 1. The molecule has 0 unspecified atom stereocenters. The van der Waals surface area contributed by atoms with Gasteiger partial charge in [0, 0.05) is 17.4 Å². The molecule has 0 aliphatic heterocycles. The highest BCUT2D eigenvalue weighted by atomic mass is 32.2. The van der Waals surface area contributed by atoms with Gasteiger partial charge in [-0.1, -0.05) is 38.1 Å². The van der Waals surface area contributed by atoms with Crippen LogP contribution in [0.25, 0.3) is 11.1 Å². The average Bonchev–Trinajstić information content (AvgIpc) is 3.05. The molecule has 0 bridgehead atoms. The van der Waals surface area contributed by atoms with E-state index < -0.39 is 5.97 Å². The summed E-state index contributed by atoms with van der Waals surface area (Å²) in [5.74, 6) is 0.914. The quantitative estimate of drug-likeness (QED) is 0.423. The molecule has 1 heterocycles. The highest BCUT2D eigenvalue weighted by Crippen LogP contribution is 2.36. The van der Waals surface area contributed by atoms with Crippen LogP contribution in [0.3, 0.4) is 0 Å². The third-order valence-electron chi connectivity index (χ3n) is 4.16. The molecule has 0 spiro atoms. The lowest BCUT2D eigenvalue weighted by Crippen LogP contribution is -2.14. The van der Waals surface area contributed by atoms with Crippen molar-refractivity contribution < 1.29 is 14.3 Å². The smallest absolute Gasteiger partial charge is 0.341 e. The molecule has 2 rings (SSSR count). The number of esters is 1. The Morgan fingerprint density at radius 3 is 2.52 bits per heavy atom. The zero-order valence-electron chi connectivity index (χ0n) is 16.3. The van der Waals surface area contributed by atoms with Gasteiger partial charge >= 0.3 is 5.97 Å². The van der Waals surface area contributed by atoms with Gasteiger partial charge in [-0.15, -0.1) is 11.3 Å². The summed E-state index contributed by atoms with van der Waals surface area (Å²) >= 11 is 3.08. The van der Waals surface area contributed by atoms with Crippen LogP contribution < -0.4 is 5.32 Å². The van der Waals surface area contributed by atoms with Gasteiger partial charge in [0.1, 0.15) is 10.6 Å². The van der Waals surface area contributed by atoms with Crippen molar-refractivity contribution in [3.63, 3.8) is 0 Å². The maximum Gasteiger partial charge on any atom is 0.341 e. The van der Waals surface area contributed by atoms with Gasteiger partial charge in [0.2, 0.25) is 5.91 Å². The molecule has 27 heavy (non-hydrogen) atoms. The van der Waals surface area contributed by atoms with Gasteiger partial charge in [0.05, 0.1) is 6.61 Å². The van der Waals surface area contributed by atoms with Gasteiger partial charge in [-0.25, -0.2) is 4.79 Å². The SMILES string of the molecule is CCOC(=O)c1c(-c2ccc(C(C)C)cc2)csc1NC(=O)CCCSC. The highest BCUT2D eigenvalue weighted by Gasteiger charge is 2.22. The van der Waals surface area contributed by atoms with Crippen LogP contribution in [0.2, 0.25) is 0 Å². The minimum Gasteiger partial charge on any atom is -0.462 e. The van der Waals surface area contributed by atoms with E-state index in [2.05, 4.69) is 31.3 Å². The number of hydrogen-bond donors (Lipinski definition) is 1. The van der Waals surface area contributed by atoms with Gasteiger partial charge in [0.25, 0.3) is 0 Å². The van der Waals surface area contributed by atoms with Crippen LogP contribution in [0.15, 0.2) is 29.6 Å². The Morgan fingerprint density at radius 1 is 1.22 bits per heavy atom. The number of thioether (sulfide) groups is 1. The number of benzene rings is 1. The van der Waals surface area contributed by atoms with Crippen molar-refractivity contribution >= 4 is 40.0 Å². The van der Waals surface area contributed by atoms with Gasteiger partial charge < -0.3 is 10.1 Å². The Labute approximate surface area is 169 Å². The van der Waals surface area contributed by atoms with Gasteiger partial charge in [-0.05, 0) is 42.4 Å². The molecular weight excluding hydrogens is 378 g/mol. The normalized spacial score (nSPS) is 10.9. The lowest BCUT2D eigenvalue weighted by Gasteiger charge is -2.10. The van der Waals surface area contributed by atoms with E-state index in [-0.39, 0.29) is 5.91 Å². The molecule has 6 heteroatoms. The summed E-state index contributed by atoms with van der Waals surface area (Å²) in [4.78, 5) is 24.8. The van der Waals surface area contributed by atoms with Crippen molar-refractivity contribution in [2.24, 2.45) is 0 Å². The van der Waals surface area contributed by atoms with Gasteiger partial charge in [-0.2, -0.15) is 11.8 Å². The summed E-state index contributed by atoms with van der Waals surface area (Å²) in [6.45, 7) is 6.37. The van der Waals surface area contributed by atoms with E-state index in [0.29, 0.717) is 29.5 Å². The molecule has 1 aromatic heterocycles. The summed E-state index contributed by atoms with van der Waals surface area (Å²) in [6.07, 6.45) is 3.28. The molecule has 1 N–H and O–H groups in total. The van der Waals surface area contributed by atoms with Gasteiger partial charge in [-0.3, -0.25) is 4.79 Å². The summed E-state index contributed by atoms with van der Waals surface area (Å²) in [7, 11) is 0. The van der Waals surface area contributed by atoms with Crippen molar-refractivity contribution in [3.05, 3.63) is 40.8 Å². The molecule has 0 atom stereocenters. The lowest BCUT2D eigenvalue weighted by atomic mass is 9.98. The fourth-order valence-corrected chi connectivity index (χ4v) is 4.09. The average molecular weight is 406 g/mol. The molecule has 0 aliphatic carbocycles. The number of ether oxygens (including phenoxy) is 1. The van der Waals surface area contributed by atoms with Crippen LogP contribution in [0.4, 0.5) is 5.00 Å². The van der Waals surface area contributed by atoms with E-state index in [9.17, 15) is 9.59 Å². The first-order chi connectivity index (χ1) is 13.0. The molecule has 146 valence electrons. The molecule has 1 amide bonds. The first kappa shape index (κ1) is 21.5. The van der Waals surface area contributed by atoms with E-state index in [1.807, 2.05) is 23.8 Å². The number of hydrogen-bond acceptors (Lipinski definition) is 5. The first-order valence-electron chi connectivity index (χ1n) is 9.15. The second kappa shape index (κ2) is 10.5. The minimum absolute atomic E-state index is 0.0712. The Hall–Kier alpha value is -1.79. The largest absolute Gasteiger partial charge is 0.462 e. The van der Waals surface area contributed by atoms with E-state index in [1.54, 1.807) is 18.7 Å². The maximum atomic E-state index is 12.6. The highest BCUT2D eigenvalue weighted by molar-refractivity contribution is 7.98. The molecular formula is C21H27NO3S2. The van der Waals surface area contributed by atoms with Gasteiger partial charge in [0.15, 0.2) is 0 Å². The number of amides is 1. The molecule has 2 aromatic rings. The first-order valence-corrected chi connectivity index (χ1v) is 11.4. The molecule has 0 saturated carbocycles. The fraction of sp³-hybridized carbons (Fsp3) is 0.429. The lowest BCUT2D eigenvalue weighted by molar-refractivity contribution is -0.116. The zero-order valence-corrected chi connectivity index (χ0v) is 18.0. The molecule has 0 radical (unpaired) electrons. The van der Waals surface area contributed by atoms with Crippen LogP contribution in [0.5, 0.6) is 0 Å². The third kappa shape index (κ3) is 5.84. The summed E-state index contributed by atoms with van der Waals surface area (Å²) in [6, 6.07) is 8.19. The van der Waals surface area contributed by atoms with Crippen LogP contribution >= 0.6 is 23.1 Å². The molecule has 0 saturated heterocycles. The number of rotatable bonds is 9. The van der Waals surface area contributed by atoms with Crippen LogP contribution in [0.1, 0.15) is 55.5 Å². The van der Waals surface area contributed by atoms with Crippen LogP contribution in [-0.4, -0.2) is 30.5 Å². The topological polar surface area (TPSA) is 55.4 Å². The second-order valence-electron chi connectivity index (χ2n) is 6.50. The number of carbonyl (C=O) groups is 2. The fourth-order valence-electron chi connectivity index (χ4n) is 2.68. The van der Waals surface area contributed by atoms with Crippen molar-refractivity contribution in [1.29, 1.82) is 0 Å². The molecule has 1 aromatic carbocycles. The van der Waals surface area contributed by atoms with E-state index in [4.69, 9.17) is 4.74 Å². The van der Waals surface area contributed by atoms with Crippen molar-refractivity contribution in [2.45, 2.75) is 39.5 Å². The van der Waals surface area contributed by atoms with Crippen molar-refractivity contribution in [1.82, 2.24) is 0 Å². The van der Waals surface area contributed by atoms with Crippen molar-refractivity contribution in [3.8, 4) is 11.1 Å². The summed E-state index contributed by atoms with van der Waals surface area (Å²) in [5, 5.41) is 5.37. The predicted molar refractivity (Wildman–Crippen MR) is 116 cm³/mol. The Morgan fingerprint density at radius 2 is 1.93 bits per heavy atom. The standard InChI is InChI=1S/C21H27NO3S2/c1-5-25-21(24)19-17(16-10-8-15(9-11-16)14(2)3)13-27-20(19)22-18(23)7-6-12-26-4/h8-11,13-14H,5-7,12H2,1-4H3,(H,22,23). The number of carbonyl (C=O) groups excluding carboxylic acids is 2. The molecule has 4 nitrogen and oxygen atoms in total. The zero-order chi connectivity index (χ0) is 19.8. The van der Waals surface area contributed by atoms with E-state index in [0.717, 1.165) is 23.3 Å². The predicted octanol–water partition coefficient (Wildman–Crippen LogP) is 5.80. The van der Waals surface area contributed by atoms with Crippen molar-refractivity contribution in [2.75, 3.05) is 23.9 Å². The third-order valence-corrected chi connectivity index (χ3v) is 5.76. The molecule has 0 fully saturated rings. The second-order valence-corrected chi connectivity index (χ2v) is 8.36. The number of thiophene rings is 1. The Bertz CT molecular complexity index is 766. The van der Waals surface area contributed by atoms with E-state index >= 15 is 0 Å². The van der Waals surface area contributed by atoms with Crippen LogP contribution in [0, 0.1) is 0 Å². The summed E-state index contributed by atoms with van der Waals surface area (Å²) < 4.78 is 5.24. The summed E-state index contributed by atoms with van der Waals surface area (Å²) in [5.41, 5.74) is 3.43. The minimum atomic E-state index is -0.402. The van der Waals surface area contributed by atoms with Crippen LogP contribution in [-0.2, 0) is 9.53 Å². The molecule has 0 aliphatic rings. The monoisotopic (exact) mass is 405 g/mol. The van der Waals surface area contributed by atoms with E-state index in [1.165, 1.54) is 16.9 Å².